The molecular formula is C21H28N2O5. The van der Waals surface area contributed by atoms with Crippen LogP contribution in [0.3, 0.4) is 0 Å². The van der Waals surface area contributed by atoms with E-state index in [1.165, 1.54) is 4.90 Å². The van der Waals surface area contributed by atoms with Crippen molar-refractivity contribution in [1.82, 2.24) is 9.80 Å². The maximum absolute atomic E-state index is 13.2. The van der Waals surface area contributed by atoms with E-state index in [0.717, 1.165) is 12.8 Å². The van der Waals surface area contributed by atoms with Gasteiger partial charge < -0.3 is 19.5 Å². The molecule has 3 rings (SSSR count). The molecule has 28 heavy (non-hydrogen) atoms. The minimum absolute atomic E-state index is 0.0796. The van der Waals surface area contributed by atoms with Crippen molar-refractivity contribution in [2.75, 3.05) is 40.5 Å². The van der Waals surface area contributed by atoms with Crippen LogP contribution in [0.5, 0.6) is 11.5 Å². The van der Waals surface area contributed by atoms with Crippen molar-refractivity contribution in [1.29, 1.82) is 0 Å². The Balaban J connectivity index is 2.09. The van der Waals surface area contributed by atoms with Gasteiger partial charge in [0.25, 0.3) is 11.8 Å². The Morgan fingerprint density at radius 2 is 1.89 bits per heavy atom. The Morgan fingerprint density at radius 1 is 1.14 bits per heavy atom. The van der Waals surface area contributed by atoms with Crippen molar-refractivity contribution in [2.24, 2.45) is 5.92 Å². The van der Waals surface area contributed by atoms with Gasteiger partial charge in [-0.1, -0.05) is 13.0 Å². The van der Waals surface area contributed by atoms with Gasteiger partial charge in [0.15, 0.2) is 11.5 Å². The van der Waals surface area contributed by atoms with Crippen molar-refractivity contribution < 1.29 is 24.2 Å². The fraction of sp³-hybridized carbons (Fsp3) is 0.524. The smallest absolute Gasteiger partial charge is 0.277 e. The minimum Gasteiger partial charge on any atom is -0.493 e. The van der Waals surface area contributed by atoms with E-state index >= 15 is 0 Å². The summed E-state index contributed by atoms with van der Waals surface area (Å²) in [5.74, 6) is 0.647. The molecule has 0 radical (unpaired) electrons. The van der Waals surface area contributed by atoms with E-state index in [9.17, 15) is 14.7 Å². The predicted octanol–water partition coefficient (Wildman–Crippen LogP) is 1.90. The number of imide groups is 1. The number of aliphatic hydroxyl groups is 1. The third kappa shape index (κ3) is 3.58. The predicted molar refractivity (Wildman–Crippen MR) is 105 cm³/mol. The average Bonchev–Trinajstić information content (AvgIpc) is 2.98. The molecule has 0 saturated carbocycles. The third-order valence-electron chi connectivity index (χ3n) is 5.36. The van der Waals surface area contributed by atoms with Crippen molar-refractivity contribution in [3.8, 4) is 11.5 Å². The van der Waals surface area contributed by atoms with E-state index in [0.29, 0.717) is 54.4 Å². The molecule has 1 atom stereocenters. The summed E-state index contributed by atoms with van der Waals surface area (Å²) in [6, 6.07) is 5.26. The molecule has 7 heteroatoms. The maximum atomic E-state index is 13.2. The normalized spacial score (nSPS) is 20.2. The van der Waals surface area contributed by atoms with Crippen LogP contribution in [0.1, 0.15) is 31.7 Å². The van der Waals surface area contributed by atoms with E-state index < -0.39 is 0 Å². The first-order valence-electron chi connectivity index (χ1n) is 9.74. The second kappa shape index (κ2) is 8.65. The van der Waals surface area contributed by atoms with E-state index in [4.69, 9.17) is 9.47 Å². The summed E-state index contributed by atoms with van der Waals surface area (Å²) in [7, 11) is 3.09. The number of benzene rings is 1. The number of nitrogens with zero attached hydrogens (tertiary/aromatic N) is 2. The van der Waals surface area contributed by atoms with Crippen LogP contribution < -0.4 is 9.47 Å². The number of methoxy groups -OCH3 is 2. The van der Waals surface area contributed by atoms with Gasteiger partial charge in [0, 0.05) is 26.2 Å². The van der Waals surface area contributed by atoms with Gasteiger partial charge in [-0.05, 0) is 42.9 Å². The standard InChI is InChI=1S/C21H28N2O5/c1-4-9-23-20(25)18(15-7-8-16(27-2)17(11-15)28-3)19(21(23)26)22-10-5-6-14(12-22)13-24/h7-8,11,14,24H,4-6,9-10,12-13H2,1-3H3. The number of likely N-dealkylation sites (tertiary alicyclic amines) is 1. The summed E-state index contributed by atoms with van der Waals surface area (Å²) in [6.45, 7) is 3.67. The van der Waals surface area contributed by atoms with Gasteiger partial charge in [-0.3, -0.25) is 14.5 Å². The molecule has 0 aromatic heterocycles. The van der Waals surface area contributed by atoms with Gasteiger partial charge in [0.1, 0.15) is 5.70 Å². The molecule has 1 fully saturated rings. The first-order chi connectivity index (χ1) is 13.5. The largest absolute Gasteiger partial charge is 0.493 e. The van der Waals surface area contributed by atoms with Crippen LogP contribution in [0, 0.1) is 5.92 Å². The fourth-order valence-electron chi connectivity index (χ4n) is 3.95. The lowest BCUT2D eigenvalue weighted by Crippen LogP contribution is -2.40. The molecule has 0 spiro atoms. The molecule has 0 aliphatic carbocycles. The molecule has 1 aromatic rings. The summed E-state index contributed by atoms with van der Waals surface area (Å²) >= 11 is 0. The van der Waals surface area contributed by atoms with Crippen molar-refractivity contribution in [2.45, 2.75) is 26.2 Å². The second-order valence-electron chi connectivity index (χ2n) is 7.19. The van der Waals surface area contributed by atoms with Gasteiger partial charge in [-0.25, -0.2) is 0 Å². The van der Waals surface area contributed by atoms with Crippen LogP contribution in [0.15, 0.2) is 23.9 Å². The van der Waals surface area contributed by atoms with Crippen LogP contribution in [-0.4, -0.2) is 67.2 Å². The molecule has 1 N–H and O–H groups in total. The number of carbonyl (C=O) groups is 2. The number of ether oxygens (including phenoxy) is 2. The fourth-order valence-corrected chi connectivity index (χ4v) is 3.95. The minimum atomic E-state index is -0.278. The van der Waals surface area contributed by atoms with Crippen molar-refractivity contribution >= 4 is 17.4 Å². The van der Waals surface area contributed by atoms with Crippen LogP contribution in [0.25, 0.3) is 5.57 Å². The Labute approximate surface area is 165 Å². The number of aliphatic hydroxyl groups excluding tert-OH is 1. The highest BCUT2D eigenvalue weighted by molar-refractivity contribution is 6.35. The van der Waals surface area contributed by atoms with Gasteiger partial charge in [0.2, 0.25) is 0 Å². The second-order valence-corrected chi connectivity index (χ2v) is 7.19. The topological polar surface area (TPSA) is 79.3 Å². The molecule has 2 heterocycles. The molecular weight excluding hydrogens is 360 g/mol. The van der Waals surface area contributed by atoms with Gasteiger partial charge in [0.05, 0.1) is 19.8 Å². The highest BCUT2D eigenvalue weighted by Gasteiger charge is 2.42. The number of hydrogen-bond donors (Lipinski definition) is 1. The molecule has 2 aliphatic heterocycles. The number of piperidine rings is 1. The molecule has 152 valence electrons. The Morgan fingerprint density at radius 3 is 2.54 bits per heavy atom. The third-order valence-corrected chi connectivity index (χ3v) is 5.36. The number of hydrogen-bond acceptors (Lipinski definition) is 6. The van der Waals surface area contributed by atoms with Crippen LogP contribution >= 0.6 is 0 Å². The molecule has 7 nitrogen and oxygen atoms in total. The molecule has 1 saturated heterocycles. The van der Waals surface area contributed by atoms with Gasteiger partial charge in [-0.2, -0.15) is 0 Å². The number of rotatable bonds is 7. The van der Waals surface area contributed by atoms with Crippen LogP contribution in [0.2, 0.25) is 0 Å². The Kier molecular flexibility index (Phi) is 6.24. The lowest BCUT2D eigenvalue weighted by molar-refractivity contribution is -0.137. The molecule has 2 aliphatic rings. The molecule has 1 unspecified atom stereocenters. The van der Waals surface area contributed by atoms with Crippen molar-refractivity contribution in [3.05, 3.63) is 29.5 Å². The van der Waals surface area contributed by atoms with Crippen LogP contribution in [0.4, 0.5) is 0 Å². The summed E-state index contributed by atoms with van der Waals surface area (Å²) in [6.07, 6.45) is 2.50. The molecule has 2 amide bonds. The highest BCUT2D eigenvalue weighted by Crippen LogP contribution is 2.37. The Bertz CT molecular complexity index is 789. The van der Waals surface area contributed by atoms with E-state index in [2.05, 4.69) is 0 Å². The lowest BCUT2D eigenvalue weighted by Gasteiger charge is -2.34. The zero-order valence-corrected chi connectivity index (χ0v) is 16.7. The van der Waals surface area contributed by atoms with E-state index in [-0.39, 0.29) is 24.3 Å². The van der Waals surface area contributed by atoms with Crippen LogP contribution in [-0.2, 0) is 9.59 Å². The van der Waals surface area contributed by atoms with E-state index in [1.54, 1.807) is 32.4 Å². The number of amides is 2. The molecule has 0 bridgehead atoms. The summed E-state index contributed by atoms with van der Waals surface area (Å²) in [4.78, 5) is 29.6. The molecule has 1 aromatic carbocycles. The van der Waals surface area contributed by atoms with E-state index in [1.807, 2.05) is 11.8 Å². The quantitative estimate of drug-likeness (QED) is 0.719. The van der Waals surface area contributed by atoms with Gasteiger partial charge >= 0.3 is 0 Å². The zero-order chi connectivity index (χ0) is 20.3. The first kappa shape index (κ1) is 20.2. The number of carbonyl (C=O) groups excluding carboxylic acids is 2. The van der Waals surface area contributed by atoms with Crippen molar-refractivity contribution in [3.63, 3.8) is 0 Å². The van der Waals surface area contributed by atoms with Gasteiger partial charge in [-0.15, -0.1) is 0 Å². The summed E-state index contributed by atoms with van der Waals surface area (Å²) in [5, 5.41) is 9.58. The monoisotopic (exact) mass is 388 g/mol. The first-order valence-corrected chi connectivity index (χ1v) is 9.74. The maximum Gasteiger partial charge on any atom is 0.277 e. The summed E-state index contributed by atoms with van der Waals surface area (Å²) < 4.78 is 10.7. The highest BCUT2D eigenvalue weighted by atomic mass is 16.5. The lowest BCUT2D eigenvalue weighted by atomic mass is 9.96. The Hall–Kier alpha value is -2.54. The zero-order valence-electron chi connectivity index (χ0n) is 16.7. The summed E-state index contributed by atoms with van der Waals surface area (Å²) in [5.41, 5.74) is 1.47. The SMILES string of the molecule is CCCN1C(=O)C(c2ccc(OC)c(OC)c2)=C(N2CCCC(CO)C2)C1=O. The average molecular weight is 388 g/mol.